The molecule has 0 aromatic carbocycles. The quantitative estimate of drug-likeness (QED) is 0.934. The fourth-order valence-electron chi connectivity index (χ4n) is 4.61. The third-order valence-electron chi connectivity index (χ3n) is 6.20. The van der Waals surface area contributed by atoms with Crippen molar-refractivity contribution >= 4 is 11.4 Å². The highest BCUT2D eigenvalue weighted by molar-refractivity contribution is 5.80. The van der Waals surface area contributed by atoms with Gasteiger partial charge in [0.2, 0.25) is 5.91 Å². The van der Waals surface area contributed by atoms with Crippen LogP contribution in [0.3, 0.4) is 0 Å². The number of piperidine rings is 1. The maximum atomic E-state index is 12.6. The van der Waals surface area contributed by atoms with Gasteiger partial charge in [0.05, 0.1) is 11.1 Å². The lowest BCUT2D eigenvalue weighted by Crippen LogP contribution is -2.51. The van der Waals surface area contributed by atoms with Gasteiger partial charge in [0.15, 0.2) is 0 Å². The van der Waals surface area contributed by atoms with Gasteiger partial charge >= 0.3 is 0 Å². The zero-order valence-corrected chi connectivity index (χ0v) is 15.1. The number of rotatable bonds is 3. The Morgan fingerprint density at radius 3 is 2.68 bits per heavy atom. The van der Waals surface area contributed by atoms with E-state index in [4.69, 9.17) is 0 Å². The van der Waals surface area contributed by atoms with Crippen molar-refractivity contribution in [2.75, 3.05) is 13.1 Å². The third-order valence-corrected chi connectivity index (χ3v) is 6.20. The van der Waals surface area contributed by atoms with Crippen LogP contribution in [0.15, 0.2) is 30.5 Å². The Labute approximate surface area is 148 Å². The number of fused-ring (bicyclic) bond motifs is 1. The predicted molar refractivity (Wildman–Crippen MR) is 96.3 cm³/mol. The van der Waals surface area contributed by atoms with Crippen LogP contribution in [0.2, 0.25) is 0 Å². The Morgan fingerprint density at radius 2 is 2.00 bits per heavy atom. The van der Waals surface area contributed by atoms with Crippen molar-refractivity contribution in [2.24, 2.45) is 11.8 Å². The van der Waals surface area contributed by atoms with Gasteiger partial charge in [-0.15, -0.1) is 0 Å². The van der Waals surface area contributed by atoms with Crippen molar-refractivity contribution in [1.82, 2.24) is 14.5 Å². The average molecular weight is 341 g/mol. The molecule has 0 radical (unpaired) electrons. The van der Waals surface area contributed by atoms with Crippen LogP contribution >= 0.6 is 0 Å². The number of aromatic nitrogens is 2. The number of hydrogen-bond acceptors (Lipinski definition) is 3. The molecule has 1 atom stereocenters. The highest BCUT2D eigenvalue weighted by atomic mass is 16.3. The summed E-state index contributed by atoms with van der Waals surface area (Å²) >= 11 is 0. The van der Waals surface area contributed by atoms with Crippen LogP contribution in [0.5, 0.6) is 0 Å². The third kappa shape index (κ3) is 3.06. The number of pyridine rings is 1. The van der Waals surface area contributed by atoms with Gasteiger partial charge < -0.3 is 10.0 Å². The first kappa shape index (κ1) is 16.6. The second-order valence-electron chi connectivity index (χ2n) is 8.17. The van der Waals surface area contributed by atoms with E-state index in [2.05, 4.69) is 30.2 Å². The summed E-state index contributed by atoms with van der Waals surface area (Å²) < 4.78 is 2.04. The maximum absolute atomic E-state index is 12.6. The zero-order valence-electron chi connectivity index (χ0n) is 15.1. The summed E-state index contributed by atoms with van der Waals surface area (Å²) in [5.41, 5.74) is 1.76. The molecule has 2 aromatic rings. The van der Waals surface area contributed by atoms with Crippen LogP contribution in [0, 0.1) is 11.8 Å². The monoisotopic (exact) mass is 341 g/mol. The first-order valence-corrected chi connectivity index (χ1v) is 9.38. The van der Waals surface area contributed by atoms with Crippen LogP contribution in [-0.2, 0) is 4.79 Å². The Balaban J connectivity index is 1.38. The maximum Gasteiger partial charge on any atom is 0.225 e. The van der Waals surface area contributed by atoms with Crippen LogP contribution in [0.25, 0.3) is 5.52 Å². The van der Waals surface area contributed by atoms with Crippen molar-refractivity contribution in [2.45, 2.75) is 51.0 Å². The van der Waals surface area contributed by atoms with E-state index in [-0.39, 0.29) is 11.8 Å². The Hall–Kier alpha value is -1.88. The summed E-state index contributed by atoms with van der Waals surface area (Å²) in [4.78, 5) is 14.6. The lowest BCUT2D eigenvalue weighted by Gasteiger charge is -2.44. The molecule has 2 aliphatic rings. The summed E-state index contributed by atoms with van der Waals surface area (Å²) in [7, 11) is 0. The molecule has 1 aliphatic carbocycles. The minimum atomic E-state index is -0.629. The van der Waals surface area contributed by atoms with Crippen molar-refractivity contribution in [1.29, 1.82) is 0 Å². The van der Waals surface area contributed by atoms with E-state index in [1.165, 1.54) is 5.69 Å². The average Bonchev–Trinajstić information content (AvgIpc) is 3.07. The first-order chi connectivity index (χ1) is 11.9. The second-order valence-corrected chi connectivity index (χ2v) is 8.17. The minimum Gasteiger partial charge on any atom is -0.390 e. The van der Waals surface area contributed by atoms with Gasteiger partial charge in [-0.25, -0.2) is 4.52 Å². The van der Waals surface area contributed by atoms with Crippen molar-refractivity contribution < 1.29 is 9.90 Å². The molecule has 2 fully saturated rings. The number of aliphatic hydroxyl groups is 1. The lowest BCUT2D eigenvalue weighted by atomic mass is 9.71. The van der Waals surface area contributed by atoms with Crippen LogP contribution in [0.4, 0.5) is 0 Å². The van der Waals surface area contributed by atoms with Gasteiger partial charge in [0.1, 0.15) is 0 Å². The molecule has 1 amide bonds. The largest absolute Gasteiger partial charge is 0.390 e. The topological polar surface area (TPSA) is 57.8 Å². The van der Waals surface area contributed by atoms with E-state index in [0.29, 0.717) is 24.7 Å². The first-order valence-electron chi connectivity index (χ1n) is 9.38. The number of carbonyl (C=O) groups excluding carboxylic acids is 1. The smallest absolute Gasteiger partial charge is 0.225 e. The fourth-order valence-corrected chi connectivity index (χ4v) is 4.61. The van der Waals surface area contributed by atoms with Gasteiger partial charge in [0, 0.05) is 36.8 Å². The molecule has 1 aliphatic heterocycles. The fraction of sp³-hybridized carbons (Fsp3) is 0.600. The van der Waals surface area contributed by atoms with Crippen molar-refractivity contribution in [3.05, 3.63) is 36.2 Å². The number of carbonyl (C=O) groups is 1. The Bertz CT molecular complexity index is 766. The zero-order chi connectivity index (χ0) is 17.6. The van der Waals surface area contributed by atoms with E-state index in [9.17, 15) is 9.90 Å². The number of amides is 1. The standard InChI is InChI=1S/C20H27N3O2/c1-14(18-5-3-4-17-6-9-21-23(17)18)15-7-10-22(11-8-15)19(24)16-12-20(2,25)13-16/h3-6,9,14-16,25H,7-8,10-13H2,1-2H3/t14?,16-,20+. The van der Waals surface area contributed by atoms with E-state index >= 15 is 0 Å². The summed E-state index contributed by atoms with van der Waals surface area (Å²) in [5, 5.41) is 14.3. The predicted octanol–water partition coefficient (Wildman–Crippen LogP) is 2.84. The van der Waals surface area contributed by atoms with Gasteiger partial charge in [-0.2, -0.15) is 5.10 Å². The van der Waals surface area contributed by atoms with E-state index < -0.39 is 5.60 Å². The molecule has 4 rings (SSSR count). The molecule has 134 valence electrons. The van der Waals surface area contributed by atoms with Crippen LogP contribution < -0.4 is 0 Å². The van der Waals surface area contributed by atoms with Crippen LogP contribution in [0.1, 0.15) is 51.1 Å². The molecule has 3 heterocycles. The molecule has 0 spiro atoms. The van der Waals surface area contributed by atoms with Gasteiger partial charge in [-0.1, -0.05) is 13.0 Å². The molecule has 2 aromatic heterocycles. The molecular weight excluding hydrogens is 314 g/mol. The summed E-state index contributed by atoms with van der Waals surface area (Å²) in [5.74, 6) is 1.27. The second kappa shape index (κ2) is 6.13. The molecule has 5 heteroatoms. The van der Waals surface area contributed by atoms with Gasteiger partial charge in [-0.05, 0) is 56.7 Å². The molecule has 1 N–H and O–H groups in total. The Kier molecular flexibility index (Phi) is 4.07. The van der Waals surface area contributed by atoms with Crippen molar-refractivity contribution in [3.8, 4) is 0 Å². The molecular formula is C20H27N3O2. The molecule has 1 unspecified atom stereocenters. The summed E-state index contributed by atoms with van der Waals surface area (Å²) in [6.45, 7) is 5.77. The van der Waals surface area contributed by atoms with Gasteiger partial charge in [0.25, 0.3) is 0 Å². The van der Waals surface area contributed by atoms with Crippen LogP contribution in [-0.4, -0.2) is 44.2 Å². The molecule has 1 saturated carbocycles. The number of likely N-dealkylation sites (tertiary alicyclic amines) is 1. The number of hydrogen-bond donors (Lipinski definition) is 1. The van der Waals surface area contributed by atoms with E-state index in [1.54, 1.807) is 0 Å². The molecule has 5 nitrogen and oxygen atoms in total. The van der Waals surface area contributed by atoms with E-state index in [0.717, 1.165) is 31.4 Å². The summed E-state index contributed by atoms with van der Waals surface area (Å²) in [6, 6.07) is 8.38. The van der Waals surface area contributed by atoms with Gasteiger partial charge in [-0.3, -0.25) is 4.79 Å². The normalized spacial score (nSPS) is 28.8. The van der Waals surface area contributed by atoms with Crippen molar-refractivity contribution in [3.63, 3.8) is 0 Å². The highest BCUT2D eigenvalue weighted by Gasteiger charge is 2.44. The SMILES string of the molecule is CC(c1cccc2ccnn12)C1CCN(C(=O)[C@H]2C[C@@](C)(O)C2)CC1. The number of nitrogens with zero attached hydrogens (tertiary/aromatic N) is 3. The van der Waals surface area contributed by atoms with E-state index in [1.807, 2.05) is 28.6 Å². The molecule has 0 bridgehead atoms. The highest BCUT2D eigenvalue weighted by Crippen LogP contribution is 2.39. The minimum absolute atomic E-state index is 0.0294. The molecule has 1 saturated heterocycles. The molecule has 25 heavy (non-hydrogen) atoms. The lowest BCUT2D eigenvalue weighted by molar-refractivity contribution is -0.151. The summed E-state index contributed by atoms with van der Waals surface area (Å²) in [6.07, 6.45) is 5.15. The Morgan fingerprint density at radius 1 is 1.28 bits per heavy atom.